The van der Waals surface area contributed by atoms with Crippen molar-refractivity contribution in [2.75, 3.05) is 13.2 Å². The Kier molecular flexibility index (Phi) is 59.3. The molecule has 0 aromatic carbocycles. The van der Waals surface area contributed by atoms with E-state index in [-0.39, 0.29) is 31.1 Å². The Hall–Kier alpha value is -3.93. The molecule has 1 unspecified atom stereocenters. The van der Waals surface area contributed by atoms with Gasteiger partial charge < -0.3 is 14.2 Å². The Labute approximate surface area is 463 Å². The summed E-state index contributed by atoms with van der Waals surface area (Å²) in [5, 5.41) is 0. The van der Waals surface area contributed by atoms with Gasteiger partial charge in [-0.15, -0.1) is 0 Å². The summed E-state index contributed by atoms with van der Waals surface area (Å²) in [5.41, 5.74) is 0. The maximum Gasteiger partial charge on any atom is 0.306 e. The summed E-state index contributed by atoms with van der Waals surface area (Å²) in [6.45, 7) is 6.39. The molecular weight excluding hydrogens is 925 g/mol. The Morgan fingerprint density at radius 2 is 0.520 bits per heavy atom. The van der Waals surface area contributed by atoms with E-state index < -0.39 is 6.10 Å². The molecule has 0 fully saturated rings. The number of ether oxygens (including phenoxy) is 3. The number of unbranched alkanes of at least 4 members (excludes halogenated alkanes) is 27. The van der Waals surface area contributed by atoms with Crippen LogP contribution in [0.3, 0.4) is 0 Å². The highest BCUT2D eigenvalue weighted by atomic mass is 16.6. The number of rotatable bonds is 56. The Balaban J connectivity index is 4.14. The van der Waals surface area contributed by atoms with Gasteiger partial charge in [0.25, 0.3) is 0 Å². The van der Waals surface area contributed by atoms with Gasteiger partial charge in [-0.1, -0.05) is 278 Å². The third-order valence-electron chi connectivity index (χ3n) is 13.3. The summed E-state index contributed by atoms with van der Waals surface area (Å²) in [4.78, 5) is 38.1. The molecular formula is C69H116O6. The largest absolute Gasteiger partial charge is 0.462 e. The summed E-state index contributed by atoms with van der Waals surface area (Å²) < 4.78 is 16.8. The van der Waals surface area contributed by atoms with Crippen molar-refractivity contribution >= 4 is 17.9 Å². The van der Waals surface area contributed by atoms with Crippen LogP contribution in [0.15, 0.2) is 109 Å². The zero-order valence-corrected chi connectivity index (χ0v) is 49.0. The molecule has 1 atom stereocenters. The molecule has 6 heteroatoms. The van der Waals surface area contributed by atoms with Gasteiger partial charge in [-0.3, -0.25) is 14.4 Å². The van der Waals surface area contributed by atoms with Crippen molar-refractivity contribution in [1.82, 2.24) is 0 Å². The summed E-state index contributed by atoms with van der Waals surface area (Å²) in [7, 11) is 0. The Morgan fingerprint density at radius 3 is 0.827 bits per heavy atom. The maximum atomic E-state index is 12.8. The Bertz CT molecular complexity index is 1520. The molecule has 0 spiro atoms. The van der Waals surface area contributed by atoms with Crippen molar-refractivity contribution < 1.29 is 28.6 Å². The van der Waals surface area contributed by atoms with E-state index in [1.54, 1.807) is 0 Å². The molecule has 0 bridgehead atoms. The quantitative estimate of drug-likeness (QED) is 0.0261. The van der Waals surface area contributed by atoms with Crippen molar-refractivity contribution in [1.29, 1.82) is 0 Å². The zero-order chi connectivity index (χ0) is 54.3. The van der Waals surface area contributed by atoms with Gasteiger partial charge in [0, 0.05) is 19.3 Å². The molecule has 0 saturated carbocycles. The molecule has 0 amide bonds. The topological polar surface area (TPSA) is 78.9 Å². The van der Waals surface area contributed by atoms with E-state index in [1.807, 2.05) is 0 Å². The molecule has 0 N–H and O–H groups in total. The maximum absolute atomic E-state index is 12.8. The first kappa shape index (κ1) is 71.1. The van der Waals surface area contributed by atoms with E-state index >= 15 is 0 Å². The summed E-state index contributed by atoms with van der Waals surface area (Å²) >= 11 is 0. The lowest BCUT2D eigenvalue weighted by Crippen LogP contribution is -2.30. The lowest BCUT2D eigenvalue weighted by atomic mass is 10.0. The first-order valence-corrected chi connectivity index (χ1v) is 31.4. The van der Waals surface area contributed by atoms with Crippen molar-refractivity contribution in [3.63, 3.8) is 0 Å². The van der Waals surface area contributed by atoms with Gasteiger partial charge in [-0.05, 0) is 103 Å². The average Bonchev–Trinajstić information content (AvgIpc) is 3.41. The Morgan fingerprint density at radius 1 is 0.280 bits per heavy atom. The van der Waals surface area contributed by atoms with Crippen molar-refractivity contribution in [2.24, 2.45) is 0 Å². The number of carbonyl (C=O) groups is 3. The van der Waals surface area contributed by atoms with Crippen LogP contribution in [0, 0.1) is 0 Å². The van der Waals surface area contributed by atoms with Crippen molar-refractivity contribution in [3.05, 3.63) is 109 Å². The summed E-state index contributed by atoms with van der Waals surface area (Å²) in [5.74, 6) is -0.913. The normalized spacial score (nSPS) is 12.8. The minimum atomic E-state index is -0.791. The molecule has 0 aromatic heterocycles. The summed E-state index contributed by atoms with van der Waals surface area (Å²) in [6, 6.07) is 0. The molecule has 0 aromatic rings. The van der Waals surface area contributed by atoms with Crippen molar-refractivity contribution in [2.45, 2.75) is 297 Å². The number of carbonyl (C=O) groups excluding carboxylic acids is 3. The monoisotopic (exact) mass is 1040 g/mol. The van der Waals surface area contributed by atoms with Gasteiger partial charge >= 0.3 is 17.9 Å². The molecule has 6 nitrogen and oxygen atoms in total. The molecule has 75 heavy (non-hydrogen) atoms. The SMILES string of the molecule is CC/C=C\C/C=C\C/C=C\C/C=C\C/C=C\C/C=C\CCCCCCCCCCCCCCCCC(=O)OCC(COC(=O)CCCCCCCCCCCCC)OC(=O)CCCCC/C=C\C/C=C\C/C=C\CC. The molecule has 0 aliphatic rings. The number of hydrogen-bond acceptors (Lipinski definition) is 6. The fraction of sp³-hybridized carbons (Fsp3) is 0.696. The number of hydrogen-bond donors (Lipinski definition) is 0. The van der Waals surface area contributed by atoms with Crippen LogP contribution in [0.5, 0.6) is 0 Å². The molecule has 0 aliphatic carbocycles. The van der Waals surface area contributed by atoms with Gasteiger partial charge in [0.15, 0.2) is 6.10 Å². The lowest BCUT2D eigenvalue weighted by molar-refractivity contribution is -0.167. The second-order valence-corrected chi connectivity index (χ2v) is 20.6. The fourth-order valence-electron chi connectivity index (χ4n) is 8.64. The van der Waals surface area contributed by atoms with Gasteiger partial charge in [0.2, 0.25) is 0 Å². The fourth-order valence-corrected chi connectivity index (χ4v) is 8.64. The predicted molar refractivity (Wildman–Crippen MR) is 325 cm³/mol. The third kappa shape index (κ3) is 60.8. The third-order valence-corrected chi connectivity index (χ3v) is 13.3. The highest BCUT2D eigenvalue weighted by Crippen LogP contribution is 2.16. The van der Waals surface area contributed by atoms with Gasteiger partial charge in [-0.2, -0.15) is 0 Å². The number of esters is 3. The van der Waals surface area contributed by atoms with E-state index in [0.717, 1.165) is 122 Å². The van der Waals surface area contributed by atoms with Crippen molar-refractivity contribution in [3.8, 4) is 0 Å². The van der Waals surface area contributed by atoms with Crippen LogP contribution < -0.4 is 0 Å². The molecule has 0 aliphatic heterocycles. The molecule has 428 valence electrons. The highest BCUT2D eigenvalue weighted by molar-refractivity contribution is 5.71. The van der Waals surface area contributed by atoms with Gasteiger partial charge in [-0.25, -0.2) is 0 Å². The first-order chi connectivity index (χ1) is 37.0. The van der Waals surface area contributed by atoms with Gasteiger partial charge in [0.05, 0.1) is 0 Å². The van der Waals surface area contributed by atoms with Crippen LogP contribution in [-0.2, 0) is 28.6 Å². The van der Waals surface area contributed by atoms with E-state index in [4.69, 9.17) is 14.2 Å². The number of allylic oxidation sites excluding steroid dienone is 18. The zero-order valence-electron chi connectivity index (χ0n) is 49.0. The molecule has 0 rings (SSSR count). The van der Waals surface area contributed by atoms with E-state index in [1.165, 1.54) is 128 Å². The van der Waals surface area contributed by atoms with Crippen LogP contribution in [0.4, 0.5) is 0 Å². The van der Waals surface area contributed by atoms with E-state index in [0.29, 0.717) is 19.3 Å². The molecule has 0 saturated heterocycles. The minimum Gasteiger partial charge on any atom is -0.462 e. The minimum absolute atomic E-state index is 0.0870. The lowest BCUT2D eigenvalue weighted by Gasteiger charge is -2.18. The van der Waals surface area contributed by atoms with Crippen LogP contribution in [0.25, 0.3) is 0 Å². The van der Waals surface area contributed by atoms with E-state index in [2.05, 4.69) is 130 Å². The predicted octanol–water partition coefficient (Wildman–Crippen LogP) is 21.4. The average molecular weight is 1040 g/mol. The van der Waals surface area contributed by atoms with Crippen LogP contribution in [0.1, 0.15) is 290 Å². The summed E-state index contributed by atoms with van der Waals surface area (Å²) in [6.07, 6.45) is 85.4. The van der Waals surface area contributed by atoms with Crippen LogP contribution in [-0.4, -0.2) is 37.2 Å². The first-order valence-electron chi connectivity index (χ1n) is 31.4. The van der Waals surface area contributed by atoms with E-state index in [9.17, 15) is 14.4 Å². The molecule has 0 heterocycles. The standard InChI is InChI=1S/C69H116O6/c1-4-7-10-13-16-19-22-24-25-26-27-28-29-30-31-32-33-34-35-36-37-38-39-40-41-42-43-45-47-50-53-56-59-62-68(71)74-65-66(64-73-67(70)61-58-55-52-49-46-21-18-15-12-9-6-3)75-69(72)63-60-57-54-51-48-44-23-20-17-14-11-8-5-2/h7-8,10-11,16-17,19-20,24-25,27-28,30-31,33-34,44,48,66H,4-6,9,12-15,18,21-23,26,29,32,35-43,45-47,49-65H2,1-3H3/b10-7-,11-8-,19-16-,20-17-,25-24-,28-27-,31-30-,34-33-,48-44-. The van der Waals surface area contributed by atoms with Crippen LogP contribution in [0.2, 0.25) is 0 Å². The molecule has 0 radical (unpaired) electrons. The second kappa shape index (κ2) is 62.6. The van der Waals surface area contributed by atoms with Crippen LogP contribution >= 0.6 is 0 Å². The second-order valence-electron chi connectivity index (χ2n) is 20.6. The van der Waals surface area contributed by atoms with Gasteiger partial charge in [0.1, 0.15) is 13.2 Å². The highest BCUT2D eigenvalue weighted by Gasteiger charge is 2.19. The smallest absolute Gasteiger partial charge is 0.306 e.